The molecule has 2 nitrogen and oxygen atoms in total. The molecule has 2 atom stereocenters. The first-order chi connectivity index (χ1) is 7.15. The highest BCUT2D eigenvalue weighted by Gasteiger charge is 2.22. The van der Waals surface area contributed by atoms with Crippen LogP contribution in [-0.4, -0.2) is 23.5 Å². The van der Waals surface area contributed by atoms with Crippen LogP contribution in [0.2, 0.25) is 0 Å². The van der Waals surface area contributed by atoms with Crippen molar-refractivity contribution in [3.63, 3.8) is 0 Å². The molecule has 0 aromatic heterocycles. The molecule has 0 aliphatic carbocycles. The first-order valence-corrected chi connectivity index (χ1v) is 6.34. The van der Waals surface area contributed by atoms with E-state index in [1.807, 2.05) is 0 Å². The largest absolute Gasteiger partial charge is 0.372 e. The minimum absolute atomic E-state index is 0.416. The fourth-order valence-electron chi connectivity index (χ4n) is 2.36. The second kappa shape index (κ2) is 6.16. The normalized spacial score (nSPS) is 28.3. The van der Waals surface area contributed by atoms with Gasteiger partial charge in [-0.2, -0.15) is 0 Å². The molecule has 0 bridgehead atoms. The molecule has 1 aliphatic heterocycles. The molecule has 2 N–H and O–H groups in total. The molecule has 15 heavy (non-hydrogen) atoms. The summed E-state index contributed by atoms with van der Waals surface area (Å²) < 4.78 is 0. The summed E-state index contributed by atoms with van der Waals surface area (Å²) >= 11 is 0. The standard InChI is InChI=1S/C13H26N2/c1-4-5-6-7-11(2)15-9-8-13(14)10-12(15)3/h7,12-13H,4-6,8-10,14H2,1-3H3/b11-7-. The van der Waals surface area contributed by atoms with E-state index < -0.39 is 0 Å². The van der Waals surface area contributed by atoms with Crippen molar-refractivity contribution in [3.05, 3.63) is 11.8 Å². The molecule has 1 saturated heterocycles. The van der Waals surface area contributed by atoms with Crippen molar-refractivity contribution in [2.45, 2.75) is 65.0 Å². The number of hydrogen-bond donors (Lipinski definition) is 1. The summed E-state index contributed by atoms with van der Waals surface area (Å²) in [5.74, 6) is 0. The topological polar surface area (TPSA) is 29.3 Å². The summed E-state index contributed by atoms with van der Waals surface area (Å²) in [6, 6.07) is 1.03. The Labute approximate surface area is 94.5 Å². The van der Waals surface area contributed by atoms with Gasteiger partial charge in [0.1, 0.15) is 0 Å². The van der Waals surface area contributed by atoms with Crippen molar-refractivity contribution in [1.82, 2.24) is 4.90 Å². The number of unbranched alkanes of at least 4 members (excludes halogenated alkanes) is 2. The van der Waals surface area contributed by atoms with Gasteiger partial charge in [0, 0.05) is 24.3 Å². The van der Waals surface area contributed by atoms with Crippen LogP contribution in [0.4, 0.5) is 0 Å². The van der Waals surface area contributed by atoms with Crippen molar-refractivity contribution in [2.24, 2.45) is 5.73 Å². The van der Waals surface area contributed by atoms with E-state index in [2.05, 4.69) is 31.7 Å². The van der Waals surface area contributed by atoms with Gasteiger partial charge in [-0.05, 0) is 33.1 Å². The highest BCUT2D eigenvalue weighted by Crippen LogP contribution is 2.20. The third-order valence-corrected chi connectivity index (χ3v) is 3.37. The fourth-order valence-corrected chi connectivity index (χ4v) is 2.36. The van der Waals surface area contributed by atoms with Gasteiger partial charge >= 0.3 is 0 Å². The summed E-state index contributed by atoms with van der Waals surface area (Å²) in [4.78, 5) is 2.51. The van der Waals surface area contributed by atoms with Crippen LogP contribution in [0.1, 0.15) is 52.9 Å². The Morgan fingerprint density at radius 3 is 2.87 bits per heavy atom. The van der Waals surface area contributed by atoms with Crippen LogP contribution in [0.15, 0.2) is 11.8 Å². The zero-order valence-electron chi connectivity index (χ0n) is 10.5. The van der Waals surface area contributed by atoms with Gasteiger partial charge < -0.3 is 10.6 Å². The number of hydrogen-bond acceptors (Lipinski definition) is 2. The lowest BCUT2D eigenvalue weighted by Gasteiger charge is -2.38. The van der Waals surface area contributed by atoms with Crippen LogP contribution < -0.4 is 5.73 Å². The molecular weight excluding hydrogens is 184 g/mol. The van der Waals surface area contributed by atoms with Gasteiger partial charge in [0.15, 0.2) is 0 Å². The maximum absolute atomic E-state index is 5.96. The Kier molecular flexibility index (Phi) is 5.16. The SMILES string of the molecule is CCCC/C=C(/C)N1CCC(N)CC1C. The predicted octanol–water partition coefficient (Wildman–Crippen LogP) is 2.89. The molecule has 1 heterocycles. The van der Waals surface area contributed by atoms with E-state index in [0.717, 1.165) is 19.4 Å². The number of nitrogens with two attached hydrogens (primary N) is 1. The Morgan fingerprint density at radius 2 is 2.27 bits per heavy atom. The van der Waals surface area contributed by atoms with Gasteiger partial charge in [-0.1, -0.05) is 25.8 Å². The van der Waals surface area contributed by atoms with Crippen LogP contribution in [-0.2, 0) is 0 Å². The van der Waals surface area contributed by atoms with E-state index in [1.165, 1.54) is 25.0 Å². The second-order valence-electron chi connectivity index (χ2n) is 4.81. The summed E-state index contributed by atoms with van der Waals surface area (Å²) in [6.07, 6.45) is 8.47. The second-order valence-corrected chi connectivity index (χ2v) is 4.81. The first-order valence-electron chi connectivity index (χ1n) is 6.34. The van der Waals surface area contributed by atoms with Crippen molar-refractivity contribution in [2.75, 3.05) is 6.54 Å². The Bertz CT molecular complexity index is 211. The summed E-state index contributed by atoms with van der Waals surface area (Å²) in [5, 5.41) is 0. The van der Waals surface area contributed by atoms with Crippen LogP contribution in [0.3, 0.4) is 0 Å². The predicted molar refractivity (Wildman–Crippen MR) is 66.7 cm³/mol. The molecule has 88 valence electrons. The Balaban J connectivity index is 2.44. The van der Waals surface area contributed by atoms with Crippen molar-refractivity contribution >= 4 is 0 Å². The number of allylic oxidation sites excluding steroid dienone is 2. The van der Waals surface area contributed by atoms with E-state index in [9.17, 15) is 0 Å². The molecule has 1 fully saturated rings. The average Bonchev–Trinajstić information content (AvgIpc) is 2.17. The minimum Gasteiger partial charge on any atom is -0.372 e. The molecule has 0 radical (unpaired) electrons. The molecule has 0 saturated carbocycles. The summed E-state index contributed by atoms with van der Waals surface area (Å²) in [7, 11) is 0. The first kappa shape index (κ1) is 12.6. The number of likely N-dealkylation sites (tertiary alicyclic amines) is 1. The van der Waals surface area contributed by atoms with E-state index in [-0.39, 0.29) is 0 Å². The Hall–Kier alpha value is -0.500. The van der Waals surface area contributed by atoms with Crippen molar-refractivity contribution in [1.29, 1.82) is 0 Å². The van der Waals surface area contributed by atoms with E-state index in [0.29, 0.717) is 12.1 Å². The molecule has 0 aromatic rings. The monoisotopic (exact) mass is 210 g/mol. The quantitative estimate of drug-likeness (QED) is 0.723. The van der Waals surface area contributed by atoms with Crippen molar-refractivity contribution in [3.8, 4) is 0 Å². The molecule has 1 rings (SSSR count). The lowest BCUT2D eigenvalue weighted by Crippen LogP contribution is -2.44. The Morgan fingerprint density at radius 1 is 1.53 bits per heavy atom. The number of nitrogens with zero attached hydrogens (tertiary/aromatic N) is 1. The maximum atomic E-state index is 5.96. The summed E-state index contributed by atoms with van der Waals surface area (Å²) in [5.41, 5.74) is 7.41. The maximum Gasteiger partial charge on any atom is 0.0273 e. The number of piperidine rings is 1. The van der Waals surface area contributed by atoms with Gasteiger partial charge in [-0.3, -0.25) is 0 Å². The van der Waals surface area contributed by atoms with E-state index in [4.69, 9.17) is 5.73 Å². The lowest BCUT2D eigenvalue weighted by molar-refractivity contribution is 0.191. The third-order valence-electron chi connectivity index (χ3n) is 3.37. The highest BCUT2D eigenvalue weighted by molar-refractivity contribution is 5.01. The van der Waals surface area contributed by atoms with Gasteiger partial charge in [0.25, 0.3) is 0 Å². The molecule has 0 spiro atoms. The average molecular weight is 210 g/mol. The smallest absolute Gasteiger partial charge is 0.0273 e. The molecule has 1 aliphatic rings. The minimum atomic E-state index is 0.416. The molecule has 2 unspecified atom stereocenters. The van der Waals surface area contributed by atoms with E-state index >= 15 is 0 Å². The zero-order chi connectivity index (χ0) is 11.3. The fraction of sp³-hybridized carbons (Fsp3) is 0.846. The molecular formula is C13H26N2. The summed E-state index contributed by atoms with van der Waals surface area (Å²) in [6.45, 7) is 7.90. The molecule has 0 aromatic carbocycles. The van der Waals surface area contributed by atoms with E-state index in [1.54, 1.807) is 0 Å². The molecule has 2 heteroatoms. The van der Waals surface area contributed by atoms with Crippen molar-refractivity contribution < 1.29 is 0 Å². The third kappa shape index (κ3) is 3.86. The van der Waals surface area contributed by atoms with Gasteiger partial charge in [0.05, 0.1) is 0 Å². The zero-order valence-corrected chi connectivity index (χ0v) is 10.5. The van der Waals surface area contributed by atoms with Crippen LogP contribution in [0.5, 0.6) is 0 Å². The van der Waals surface area contributed by atoms with Crippen LogP contribution >= 0.6 is 0 Å². The van der Waals surface area contributed by atoms with Gasteiger partial charge in [-0.15, -0.1) is 0 Å². The van der Waals surface area contributed by atoms with Crippen LogP contribution in [0.25, 0.3) is 0 Å². The molecule has 0 amide bonds. The number of rotatable bonds is 4. The highest BCUT2D eigenvalue weighted by atomic mass is 15.2. The van der Waals surface area contributed by atoms with Crippen LogP contribution in [0, 0.1) is 0 Å². The van der Waals surface area contributed by atoms with Gasteiger partial charge in [0.2, 0.25) is 0 Å². The lowest BCUT2D eigenvalue weighted by atomic mass is 9.98. The van der Waals surface area contributed by atoms with Gasteiger partial charge in [-0.25, -0.2) is 0 Å².